The Morgan fingerprint density at radius 3 is 2.56 bits per heavy atom. The molecule has 0 fully saturated rings. The molecule has 1 rings (SSSR count). The van der Waals surface area contributed by atoms with Crippen LogP contribution in [0.3, 0.4) is 0 Å². The Labute approximate surface area is 97.6 Å². The first-order valence-electron chi connectivity index (χ1n) is 5.76. The van der Waals surface area contributed by atoms with Crippen molar-refractivity contribution < 1.29 is 9.47 Å². The average Bonchev–Trinajstić information content (AvgIpc) is 2.28. The lowest BCUT2D eigenvalue weighted by Gasteiger charge is -2.17. The highest BCUT2D eigenvalue weighted by Crippen LogP contribution is 2.32. The van der Waals surface area contributed by atoms with E-state index in [1.54, 1.807) is 7.11 Å². The number of unbranched alkanes of at least 4 members (excludes halogenated alkanes) is 1. The van der Waals surface area contributed by atoms with Crippen molar-refractivity contribution >= 4 is 0 Å². The molecule has 1 aromatic carbocycles. The first-order valence-corrected chi connectivity index (χ1v) is 5.76. The second-order valence-corrected chi connectivity index (χ2v) is 3.86. The zero-order valence-electron chi connectivity index (χ0n) is 10.3. The standard InChI is InChI=1S/C13H21NO2/c1-4-5-9-16-12-8-6-7-11(15-3)13(12)10(2)14/h6-8,10H,4-5,9,14H2,1-3H3/t10-/m0/s1. The molecule has 0 saturated carbocycles. The fraction of sp³-hybridized carbons (Fsp3) is 0.538. The Hall–Kier alpha value is -1.22. The molecule has 3 heteroatoms. The van der Waals surface area contributed by atoms with Gasteiger partial charge in [-0.05, 0) is 25.5 Å². The van der Waals surface area contributed by atoms with Crippen LogP contribution in [0.25, 0.3) is 0 Å². The number of nitrogens with two attached hydrogens (primary N) is 1. The summed E-state index contributed by atoms with van der Waals surface area (Å²) in [6.07, 6.45) is 2.17. The number of benzene rings is 1. The van der Waals surface area contributed by atoms with E-state index in [0.29, 0.717) is 0 Å². The van der Waals surface area contributed by atoms with Crippen molar-refractivity contribution in [3.63, 3.8) is 0 Å². The van der Waals surface area contributed by atoms with Gasteiger partial charge in [0.05, 0.1) is 19.3 Å². The molecule has 0 unspecified atom stereocenters. The van der Waals surface area contributed by atoms with Gasteiger partial charge >= 0.3 is 0 Å². The van der Waals surface area contributed by atoms with E-state index >= 15 is 0 Å². The van der Waals surface area contributed by atoms with E-state index < -0.39 is 0 Å². The Morgan fingerprint density at radius 2 is 2.00 bits per heavy atom. The van der Waals surface area contributed by atoms with E-state index in [1.165, 1.54) is 0 Å². The minimum Gasteiger partial charge on any atom is -0.496 e. The van der Waals surface area contributed by atoms with Gasteiger partial charge in [-0.15, -0.1) is 0 Å². The molecular formula is C13H21NO2. The molecule has 3 nitrogen and oxygen atoms in total. The van der Waals surface area contributed by atoms with Crippen LogP contribution >= 0.6 is 0 Å². The number of hydrogen-bond acceptors (Lipinski definition) is 3. The minimum atomic E-state index is -0.0900. The summed E-state index contributed by atoms with van der Waals surface area (Å²) in [7, 11) is 1.65. The largest absolute Gasteiger partial charge is 0.496 e. The molecule has 0 heterocycles. The van der Waals surface area contributed by atoms with Gasteiger partial charge in [0.15, 0.2) is 0 Å². The maximum absolute atomic E-state index is 5.94. The van der Waals surface area contributed by atoms with E-state index in [4.69, 9.17) is 15.2 Å². The van der Waals surface area contributed by atoms with Crippen LogP contribution in [0.5, 0.6) is 11.5 Å². The number of ether oxygens (including phenoxy) is 2. The van der Waals surface area contributed by atoms with Crippen molar-refractivity contribution in [2.24, 2.45) is 5.73 Å². The molecule has 1 aromatic rings. The van der Waals surface area contributed by atoms with Gasteiger partial charge < -0.3 is 15.2 Å². The smallest absolute Gasteiger partial charge is 0.127 e. The van der Waals surface area contributed by atoms with Gasteiger partial charge in [-0.3, -0.25) is 0 Å². The SMILES string of the molecule is CCCCOc1cccc(OC)c1[C@H](C)N. The van der Waals surface area contributed by atoms with Crippen molar-refractivity contribution in [1.82, 2.24) is 0 Å². The average molecular weight is 223 g/mol. The molecule has 2 N–H and O–H groups in total. The lowest BCUT2D eigenvalue weighted by Crippen LogP contribution is -2.10. The summed E-state index contributed by atoms with van der Waals surface area (Å²) in [6.45, 7) is 4.80. The fourth-order valence-electron chi connectivity index (χ4n) is 1.60. The van der Waals surface area contributed by atoms with Crippen molar-refractivity contribution in [3.05, 3.63) is 23.8 Å². The molecule has 1 atom stereocenters. The van der Waals surface area contributed by atoms with Crippen molar-refractivity contribution in [2.45, 2.75) is 32.7 Å². The third-order valence-electron chi connectivity index (χ3n) is 2.46. The van der Waals surface area contributed by atoms with Gasteiger partial charge in [0, 0.05) is 6.04 Å². The predicted molar refractivity (Wildman–Crippen MR) is 66.0 cm³/mol. The van der Waals surface area contributed by atoms with Crippen LogP contribution in [0, 0.1) is 0 Å². The number of methoxy groups -OCH3 is 1. The fourth-order valence-corrected chi connectivity index (χ4v) is 1.60. The molecule has 0 bridgehead atoms. The van der Waals surface area contributed by atoms with E-state index in [0.717, 1.165) is 36.5 Å². The Bertz CT molecular complexity index is 324. The molecule has 0 saturated heterocycles. The Kier molecular flexibility index (Phi) is 5.12. The van der Waals surface area contributed by atoms with Gasteiger partial charge in [0.1, 0.15) is 11.5 Å². The van der Waals surface area contributed by atoms with Crippen LogP contribution in [-0.4, -0.2) is 13.7 Å². The summed E-state index contributed by atoms with van der Waals surface area (Å²) >= 11 is 0. The van der Waals surface area contributed by atoms with Gasteiger partial charge in [0.2, 0.25) is 0 Å². The zero-order valence-corrected chi connectivity index (χ0v) is 10.3. The second-order valence-electron chi connectivity index (χ2n) is 3.86. The quantitative estimate of drug-likeness (QED) is 0.754. The molecule has 0 amide bonds. The molecular weight excluding hydrogens is 202 g/mol. The van der Waals surface area contributed by atoms with Crippen LogP contribution in [0.1, 0.15) is 38.3 Å². The summed E-state index contributed by atoms with van der Waals surface area (Å²) in [5, 5.41) is 0. The van der Waals surface area contributed by atoms with Crippen LogP contribution < -0.4 is 15.2 Å². The van der Waals surface area contributed by atoms with E-state index in [9.17, 15) is 0 Å². The van der Waals surface area contributed by atoms with Crippen LogP contribution in [0.15, 0.2) is 18.2 Å². The van der Waals surface area contributed by atoms with E-state index in [1.807, 2.05) is 25.1 Å². The lowest BCUT2D eigenvalue weighted by molar-refractivity contribution is 0.301. The van der Waals surface area contributed by atoms with E-state index in [2.05, 4.69) is 6.92 Å². The third kappa shape index (κ3) is 3.14. The second kappa shape index (κ2) is 6.38. The molecule has 0 aromatic heterocycles. The highest BCUT2D eigenvalue weighted by Gasteiger charge is 2.13. The van der Waals surface area contributed by atoms with Crippen LogP contribution in [0.2, 0.25) is 0 Å². The van der Waals surface area contributed by atoms with Gasteiger partial charge in [0.25, 0.3) is 0 Å². The predicted octanol–water partition coefficient (Wildman–Crippen LogP) is 2.89. The first kappa shape index (κ1) is 12.8. The first-order chi connectivity index (χ1) is 7.70. The third-order valence-corrected chi connectivity index (χ3v) is 2.46. The summed E-state index contributed by atoms with van der Waals surface area (Å²) < 4.78 is 11.0. The Morgan fingerprint density at radius 1 is 1.31 bits per heavy atom. The summed E-state index contributed by atoms with van der Waals surface area (Å²) in [5.74, 6) is 1.63. The topological polar surface area (TPSA) is 44.5 Å². The van der Waals surface area contributed by atoms with Crippen LogP contribution in [-0.2, 0) is 0 Å². The molecule has 90 valence electrons. The van der Waals surface area contributed by atoms with Gasteiger partial charge in [-0.2, -0.15) is 0 Å². The van der Waals surface area contributed by atoms with Crippen molar-refractivity contribution in [3.8, 4) is 11.5 Å². The van der Waals surface area contributed by atoms with Crippen LogP contribution in [0.4, 0.5) is 0 Å². The maximum atomic E-state index is 5.94. The molecule has 16 heavy (non-hydrogen) atoms. The maximum Gasteiger partial charge on any atom is 0.127 e. The summed E-state index contributed by atoms with van der Waals surface area (Å²) in [4.78, 5) is 0. The number of hydrogen-bond donors (Lipinski definition) is 1. The summed E-state index contributed by atoms with van der Waals surface area (Å²) in [6, 6.07) is 5.68. The molecule has 0 aliphatic carbocycles. The minimum absolute atomic E-state index is 0.0900. The van der Waals surface area contributed by atoms with Gasteiger partial charge in [-0.1, -0.05) is 19.4 Å². The zero-order chi connectivity index (χ0) is 12.0. The molecule has 0 radical (unpaired) electrons. The Balaban J connectivity index is 2.89. The highest BCUT2D eigenvalue weighted by molar-refractivity contribution is 5.46. The number of rotatable bonds is 6. The molecule has 0 aliphatic heterocycles. The van der Waals surface area contributed by atoms with Crippen molar-refractivity contribution in [2.75, 3.05) is 13.7 Å². The highest BCUT2D eigenvalue weighted by atomic mass is 16.5. The molecule has 0 spiro atoms. The van der Waals surface area contributed by atoms with E-state index in [-0.39, 0.29) is 6.04 Å². The van der Waals surface area contributed by atoms with Gasteiger partial charge in [-0.25, -0.2) is 0 Å². The van der Waals surface area contributed by atoms with Crippen molar-refractivity contribution in [1.29, 1.82) is 0 Å². The summed E-state index contributed by atoms with van der Waals surface area (Å²) in [5.41, 5.74) is 6.88. The lowest BCUT2D eigenvalue weighted by atomic mass is 10.1. The normalized spacial score (nSPS) is 12.2. The molecule has 0 aliphatic rings. The monoisotopic (exact) mass is 223 g/mol.